The van der Waals surface area contributed by atoms with Crippen LogP contribution in [-0.2, 0) is 40.4 Å². The second-order valence-electron chi connectivity index (χ2n) is 22.0. The van der Waals surface area contributed by atoms with Crippen LogP contribution in [0.25, 0.3) is 0 Å². The van der Waals surface area contributed by atoms with E-state index < -0.39 is 36.3 Å². The molecule has 0 atom stereocenters. The minimum Gasteiger partial charge on any atom is -0.0628 e. The average molecular weight is 941 g/mol. The third kappa shape index (κ3) is 36.3. The quantitative estimate of drug-likeness (QED) is 0.0446. The van der Waals surface area contributed by atoms with Gasteiger partial charge < -0.3 is 0 Å². The smallest absolute Gasteiger partial charge is 0.0628 e. The summed E-state index contributed by atoms with van der Waals surface area (Å²) in [5, 5.41) is 0. The van der Waals surface area contributed by atoms with Crippen molar-refractivity contribution in [3.63, 3.8) is 0 Å². The number of hydrogen-bond donors (Lipinski definition) is 0. The molecular weight excluding hydrogens is 828 g/mol. The van der Waals surface area contributed by atoms with Gasteiger partial charge in [-0.05, 0) is 17.8 Å². The summed E-state index contributed by atoms with van der Waals surface area (Å²) in [6.45, 7) is 17.2. The normalized spacial score (nSPS) is 12.4. The predicted molar refractivity (Wildman–Crippen MR) is 271 cm³/mol. The first-order valence-electron chi connectivity index (χ1n) is 28.6. The fourth-order valence-corrected chi connectivity index (χ4v) is 14.7. The van der Waals surface area contributed by atoms with Crippen LogP contribution in [0.15, 0.2) is 0 Å². The predicted octanol–water partition coefficient (Wildman–Crippen LogP) is 19.2. The Labute approximate surface area is 401 Å². The molecule has 0 unspecified atom stereocenters. The van der Waals surface area contributed by atoms with Crippen molar-refractivity contribution in [2.45, 2.75) is 331 Å². The van der Waals surface area contributed by atoms with Gasteiger partial charge >= 0.3 is 280 Å². The van der Waals surface area contributed by atoms with Gasteiger partial charge in [-0.25, -0.2) is 0 Å². The molecule has 0 bridgehead atoms. The van der Waals surface area contributed by atoms with Crippen molar-refractivity contribution >= 4 is 14.1 Å². The first-order valence-corrected chi connectivity index (χ1v) is 32.0. The minimum atomic E-state index is -6.78. The van der Waals surface area contributed by atoms with Gasteiger partial charge in [0, 0.05) is 0 Å². The van der Waals surface area contributed by atoms with E-state index >= 15 is 3.32 Å². The van der Waals surface area contributed by atoms with Crippen molar-refractivity contribution < 1.29 is 40.4 Å². The Morgan fingerprint density at radius 2 is 0.516 bits per heavy atom. The van der Waals surface area contributed by atoms with Crippen molar-refractivity contribution in [3.8, 4) is 0 Å². The van der Waals surface area contributed by atoms with E-state index in [9.17, 15) is 14.4 Å². The van der Waals surface area contributed by atoms with Gasteiger partial charge in [-0.2, -0.15) is 0 Å². The molecular formula is C57H112O6Ti. The van der Waals surface area contributed by atoms with Crippen LogP contribution in [0, 0.1) is 17.8 Å². The van der Waals surface area contributed by atoms with E-state index in [2.05, 4.69) is 41.5 Å². The summed E-state index contributed by atoms with van der Waals surface area (Å²) in [5.41, 5.74) is 0. The van der Waals surface area contributed by atoms with Crippen LogP contribution < -0.4 is 0 Å². The van der Waals surface area contributed by atoms with Crippen molar-refractivity contribution in [2.24, 2.45) is 17.8 Å². The maximum atomic E-state index is 15.2. The molecule has 0 aromatic rings. The van der Waals surface area contributed by atoms with Crippen LogP contribution in [0.4, 0.5) is 0 Å². The van der Waals surface area contributed by atoms with Crippen molar-refractivity contribution in [1.29, 1.82) is 0 Å². The first kappa shape index (κ1) is 63.3. The van der Waals surface area contributed by atoms with Crippen molar-refractivity contribution in [1.82, 2.24) is 0 Å². The van der Waals surface area contributed by atoms with E-state index in [-0.39, 0.29) is 19.3 Å². The van der Waals surface area contributed by atoms with Crippen LogP contribution in [0.5, 0.6) is 0 Å². The number of rotatable bonds is 50. The number of carbonyl (C=O) groups excluding carboxylic acids is 3. The van der Waals surface area contributed by atoms with Gasteiger partial charge in [-0.15, -0.1) is 0 Å². The fourth-order valence-electron chi connectivity index (χ4n) is 9.34. The second-order valence-corrected chi connectivity index (χ2v) is 27.5. The molecule has 0 rings (SSSR count). The molecule has 0 N–H and O–H groups in total. The zero-order chi connectivity index (χ0) is 47.6. The molecule has 6 nitrogen and oxygen atoms in total. The molecule has 0 aliphatic carbocycles. The van der Waals surface area contributed by atoms with Crippen LogP contribution in [-0.4, -0.2) is 20.2 Å². The monoisotopic (exact) mass is 941 g/mol. The van der Waals surface area contributed by atoms with Crippen molar-refractivity contribution in [2.75, 3.05) is 0 Å². The molecule has 0 radical (unpaired) electrons. The zero-order valence-electron chi connectivity index (χ0n) is 44.5. The molecule has 0 saturated carbocycles. The third-order valence-corrected chi connectivity index (χ3v) is 19.6. The molecule has 0 aromatic carbocycles. The Kier molecular flexibility index (Phi) is 41.9. The summed E-state index contributed by atoms with van der Waals surface area (Å²) < 4.78 is 25.6. The molecule has 0 amide bonds. The summed E-state index contributed by atoms with van der Waals surface area (Å²) in [4.78, 5) is 41.8. The summed E-state index contributed by atoms with van der Waals surface area (Å²) in [6, 6.07) is 0. The summed E-state index contributed by atoms with van der Waals surface area (Å²) >= 11 is -6.78. The van der Waals surface area contributed by atoms with Gasteiger partial charge in [0.25, 0.3) is 0 Å². The van der Waals surface area contributed by atoms with Gasteiger partial charge in [0.2, 0.25) is 0 Å². The Hall–Kier alpha value is -0.716. The Morgan fingerprint density at radius 1 is 0.312 bits per heavy atom. The van der Waals surface area contributed by atoms with Crippen LogP contribution in [0.1, 0.15) is 325 Å². The van der Waals surface area contributed by atoms with E-state index in [1.54, 1.807) is 13.8 Å². The summed E-state index contributed by atoms with van der Waals surface area (Å²) in [7, 11) is 0. The molecule has 380 valence electrons. The average Bonchev–Trinajstić information content (AvgIpc) is 3.23. The number of unbranched alkanes of at least 4 members (excludes halogenated alkanes) is 33. The minimum absolute atomic E-state index is 0.0423. The fraction of sp³-hybridized carbons (Fsp3) is 0.947. The molecule has 0 aliphatic heterocycles. The van der Waals surface area contributed by atoms with Crippen molar-refractivity contribution in [3.05, 3.63) is 0 Å². The molecule has 0 heterocycles. The number of hydrogen-bond acceptors (Lipinski definition) is 6. The van der Waals surface area contributed by atoms with Crippen LogP contribution in [0.2, 0.25) is 0 Å². The van der Waals surface area contributed by atoms with E-state index in [0.717, 1.165) is 75.5 Å². The molecule has 0 saturated heterocycles. The van der Waals surface area contributed by atoms with Gasteiger partial charge in [-0.3, -0.25) is 0 Å². The molecule has 0 aliphatic rings. The van der Waals surface area contributed by atoms with E-state index in [4.69, 9.17) is 6.64 Å². The van der Waals surface area contributed by atoms with E-state index in [1.807, 2.05) is 0 Å². The van der Waals surface area contributed by atoms with E-state index in [0.29, 0.717) is 19.3 Å². The van der Waals surface area contributed by atoms with Crippen LogP contribution >= 0.6 is 0 Å². The first-order chi connectivity index (χ1) is 30.7. The standard InChI is InChI=1S/C18H36O2.2C18H35O.C3H7O.O.Ti/c1-17(2)15-13-11-9-7-5-3-4-6-8-10-12-14-16-18(19)20;2*1-18(2)16-14-12-10-8-6-4-3-5-7-9-11-13-15-17-19;1-3(2)4;;/h17H,3-16H2,1-2H3,(H,19,20);2*18H,3-16H2,1-2H3;3H,1-2H3;;/q;;;-1;;+2/p-1. The van der Waals surface area contributed by atoms with Crippen LogP contribution in [0.3, 0.4) is 0 Å². The number of carbonyl (C=O) groups is 3. The van der Waals surface area contributed by atoms with Gasteiger partial charge in [-0.1, -0.05) is 106 Å². The Balaban J connectivity index is 4.99. The molecule has 0 spiro atoms. The van der Waals surface area contributed by atoms with Gasteiger partial charge in [0.05, 0.1) is 0 Å². The maximum absolute atomic E-state index is 15.2. The molecule has 0 fully saturated rings. The Morgan fingerprint density at radius 3 is 0.734 bits per heavy atom. The summed E-state index contributed by atoms with van der Waals surface area (Å²) in [6.07, 6.45) is 45.3. The second kappa shape index (κ2) is 42.4. The SMILES string of the molecule is CC(C)CCCCCCCCCCCCCCC(=O)[O][Ti](=[O])([O]C(C)C)([C](=O)CCCCCCCCCCCCCCC(C)C)[C](=O)CCCCCCCCCCCCCCC(C)C. The molecule has 64 heavy (non-hydrogen) atoms. The summed E-state index contributed by atoms with van der Waals surface area (Å²) in [5.74, 6) is 1.72. The Bertz CT molecular complexity index is 1110. The molecule has 0 aromatic heterocycles. The topological polar surface area (TPSA) is 86.7 Å². The van der Waals surface area contributed by atoms with Gasteiger partial charge in [0.1, 0.15) is 0 Å². The van der Waals surface area contributed by atoms with E-state index in [1.165, 1.54) is 173 Å². The molecule has 7 heteroatoms. The van der Waals surface area contributed by atoms with Gasteiger partial charge in [0.15, 0.2) is 0 Å². The third-order valence-electron chi connectivity index (χ3n) is 13.5. The zero-order valence-corrected chi connectivity index (χ0v) is 46.0.